The summed E-state index contributed by atoms with van der Waals surface area (Å²) in [6.45, 7) is 3.32. The zero-order valence-corrected chi connectivity index (χ0v) is 11.8. The topological polar surface area (TPSA) is 37.4 Å². The molecular weight excluding hydrogens is 285 g/mol. The fourth-order valence-corrected chi connectivity index (χ4v) is 5.62. The van der Waals surface area contributed by atoms with Crippen molar-refractivity contribution in [1.29, 1.82) is 0 Å². The fraction of sp³-hybridized carbons (Fsp3) is 0.600. The summed E-state index contributed by atoms with van der Waals surface area (Å²) in [5.74, 6) is 0. The minimum absolute atomic E-state index is 0.176. The van der Waals surface area contributed by atoms with Crippen molar-refractivity contribution in [3.8, 4) is 0 Å². The van der Waals surface area contributed by atoms with Crippen molar-refractivity contribution in [3.05, 3.63) is 16.5 Å². The van der Waals surface area contributed by atoms with E-state index in [1.807, 2.05) is 0 Å². The van der Waals surface area contributed by atoms with Crippen molar-refractivity contribution in [1.82, 2.24) is 4.31 Å². The molecule has 1 aromatic rings. The lowest BCUT2D eigenvalue weighted by Crippen LogP contribution is -2.39. The zero-order valence-electron chi connectivity index (χ0n) is 9.43. The molecule has 0 saturated carbocycles. The molecule has 1 aliphatic heterocycles. The second kappa shape index (κ2) is 4.50. The van der Waals surface area contributed by atoms with Crippen LogP contribution < -0.4 is 0 Å². The number of hydrogen-bond donors (Lipinski definition) is 0. The smallest absolute Gasteiger partial charge is 0.246 e. The molecule has 0 bridgehead atoms. The lowest BCUT2D eigenvalue weighted by molar-refractivity contribution is 0.269. The lowest BCUT2D eigenvalue weighted by atomic mass is 10.2. The average Bonchev–Trinajstić information content (AvgIpc) is 2.73. The lowest BCUT2D eigenvalue weighted by Gasteiger charge is -2.24. The highest BCUT2D eigenvalue weighted by atomic mass is 35.5. The molecule has 2 rings (SSSR count). The molecule has 1 aromatic heterocycles. The predicted octanol–water partition coefficient (Wildman–Crippen LogP) is 2.91. The van der Waals surface area contributed by atoms with Gasteiger partial charge in [0.2, 0.25) is 0 Å². The van der Waals surface area contributed by atoms with Gasteiger partial charge in [0.05, 0.1) is 10.4 Å². The first-order chi connectivity index (χ1) is 7.84. The largest absolute Gasteiger partial charge is 0.253 e. The van der Waals surface area contributed by atoms with Gasteiger partial charge in [0.1, 0.15) is 10.4 Å². The minimum Gasteiger partial charge on any atom is -0.246 e. The second-order valence-electron chi connectivity index (χ2n) is 4.23. The molecule has 0 aromatic carbocycles. The zero-order chi connectivity index (χ0) is 12.8. The highest BCUT2D eigenvalue weighted by molar-refractivity contribution is 7.91. The first-order valence-electron chi connectivity index (χ1n) is 5.27. The molecule has 3 atom stereocenters. The van der Waals surface area contributed by atoms with Gasteiger partial charge in [0.25, 0.3) is 10.0 Å². The summed E-state index contributed by atoms with van der Waals surface area (Å²) in [7, 11) is -3.62. The quantitative estimate of drug-likeness (QED) is 0.842. The molecule has 0 N–H and O–H groups in total. The number of nitrogens with zero attached hydrogens (tertiary/aromatic N) is 1. The molecule has 0 radical (unpaired) electrons. The summed E-state index contributed by atoms with van der Waals surface area (Å²) in [5, 5.41) is 0. The van der Waals surface area contributed by atoms with Crippen LogP contribution in [0.2, 0.25) is 4.34 Å². The normalized spacial score (nSPS) is 30.9. The van der Waals surface area contributed by atoms with Gasteiger partial charge in [-0.1, -0.05) is 11.6 Å². The third kappa shape index (κ3) is 2.23. The number of thiophene rings is 1. The van der Waals surface area contributed by atoms with E-state index in [-0.39, 0.29) is 16.7 Å². The van der Waals surface area contributed by atoms with E-state index >= 15 is 0 Å². The van der Waals surface area contributed by atoms with E-state index in [0.717, 1.165) is 11.3 Å². The van der Waals surface area contributed by atoms with E-state index in [9.17, 15) is 12.8 Å². The van der Waals surface area contributed by atoms with Crippen LogP contribution in [0.3, 0.4) is 0 Å². The summed E-state index contributed by atoms with van der Waals surface area (Å²) in [4.78, 5) is 0. The number of rotatable bonds is 2. The van der Waals surface area contributed by atoms with E-state index in [1.54, 1.807) is 13.8 Å². The Morgan fingerprint density at radius 3 is 2.53 bits per heavy atom. The van der Waals surface area contributed by atoms with Crippen LogP contribution in [0.4, 0.5) is 4.39 Å². The van der Waals surface area contributed by atoms with E-state index < -0.39 is 22.2 Å². The Kier molecular flexibility index (Phi) is 3.51. The molecule has 3 nitrogen and oxygen atoms in total. The molecule has 7 heteroatoms. The Hall–Kier alpha value is -0.170. The van der Waals surface area contributed by atoms with Gasteiger partial charge < -0.3 is 0 Å². The highest BCUT2D eigenvalue weighted by Gasteiger charge is 2.44. The number of sulfonamides is 1. The summed E-state index contributed by atoms with van der Waals surface area (Å²) in [6, 6.07) is 2.08. The fourth-order valence-electron chi connectivity index (χ4n) is 2.18. The van der Waals surface area contributed by atoms with Crippen molar-refractivity contribution in [2.45, 2.75) is 42.7 Å². The van der Waals surface area contributed by atoms with Gasteiger partial charge in [0, 0.05) is 6.04 Å². The summed E-state index contributed by atoms with van der Waals surface area (Å²) in [5.41, 5.74) is 0. The maximum atomic E-state index is 13.5. The van der Waals surface area contributed by atoms with E-state index in [1.165, 1.54) is 16.4 Å². The predicted molar refractivity (Wildman–Crippen MR) is 66.8 cm³/mol. The molecular formula is C10H13ClFNO2S2. The van der Waals surface area contributed by atoms with Crippen molar-refractivity contribution in [3.63, 3.8) is 0 Å². The molecule has 1 fully saturated rings. The van der Waals surface area contributed by atoms with Crippen LogP contribution in [0, 0.1) is 0 Å². The Bertz CT molecular complexity index is 516. The van der Waals surface area contributed by atoms with E-state index in [4.69, 9.17) is 11.6 Å². The van der Waals surface area contributed by atoms with Gasteiger partial charge >= 0.3 is 0 Å². The van der Waals surface area contributed by atoms with Crippen LogP contribution >= 0.6 is 22.9 Å². The van der Waals surface area contributed by atoms with Crippen molar-refractivity contribution < 1.29 is 12.8 Å². The van der Waals surface area contributed by atoms with Gasteiger partial charge in [-0.15, -0.1) is 11.3 Å². The molecule has 0 amide bonds. The standard InChI is InChI=1S/C10H13ClFNO2S2/c1-6-5-8(12)7(2)13(6)17(14,15)10-4-3-9(11)16-10/h3-4,6-8H,5H2,1-2H3/t6-,7+,8-/m1/s1. The van der Waals surface area contributed by atoms with Gasteiger partial charge in [0.15, 0.2) is 0 Å². The Balaban J connectivity index is 2.39. The van der Waals surface area contributed by atoms with E-state index in [2.05, 4.69) is 0 Å². The average molecular weight is 298 g/mol. The maximum Gasteiger partial charge on any atom is 0.253 e. The SMILES string of the molecule is C[C@@H]1C[C@@H](F)[C@H](C)N1S(=O)(=O)c1ccc(Cl)s1. The summed E-state index contributed by atoms with van der Waals surface area (Å²) >= 11 is 6.74. The molecule has 0 unspecified atom stereocenters. The molecule has 1 aliphatic rings. The molecule has 17 heavy (non-hydrogen) atoms. The van der Waals surface area contributed by atoms with Crippen LogP contribution in [0.15, 0.2) is 16.3 Å². The molecule has 0 spiro atoms. The van der Waals surface area contributed by atoms with Gasteiger partial charge in [-0.25, -0.2) is 12.8 Å². The highest BCUT2D eigenvalue weighted by Crippen LogP contribution is 2.35. The second-order valence-corrected chi connectivity index (χ2v) is 8.02. The van der Waals surface area contributed by atoms with Gasteiger partial charge in [-0.05, 0) is 32.4 Å². The van der Waals surface area contributed by atoms with Gasteiger partial charge in [-0.2, -0.15) is 4.31 Å². The van der Waals surface area contributed by atoms with Crippen LogP contribution in [0.25, 0.3) is 0 Å². The number of halogens is 2. The first kappa shape index (κ1) is 13.3. The molecule has 0 aliphatic carbocycles. The Morgan fingerprint density at radius 2 is 2.12 bits per heavy atom. The molecule has 96 valence electrons. The van der Waals surface area contributed by atoms with Crippen LogP contribution in [-0.4, -0.2) is 31.0 Å². The first-order valence-corrected chi connectivity index (χ1v) is 7.90. The van der Waals surface area contributed by atoms with Crippen molar-refractivity contribution >= 4 is 33.0 Å². The van der Waals surface area contributed by atoms with Gasteiger partial charge in [-0.3, -0.25) is 0 Å². The number of hydrogen-bond acceptors (Lipinski definition) is 3. The van der Waals surface area contributed by atoms with Crippen molar-refractivity contribution in [2.24, 2.45) is 0 Å². The minimum atomic E-state index is -3.62. The third-order valence-corrected chi connectivity index (χ3v) is 6.81. The van der Waals surface area contributed by atoms with Crippen LogP contribution in [-0.2, 0) is 10.0 Å². The molecule has 2 heterocycles. The monoisotopic (exact) mass is 297 g/mol. The van der Waals surface area contributed by atoms with Crippen LogP contribution in [0.5, 0.6) is 0 Å². The molecule has 1 saturated heterocycles. The Morgan fingerprint density at radius 1 is 1.47 bits per heavy atom. The summed E-state index contributed by atoms with van der Waals surface area (Å²) in [6.07, 6.45) is -0.852. The summed E-state index contributed by atoms with van der Waals surface area (Å²) < 4.78 is 40.0. The van der Waals surface area contributed by atoms with Crippen molar-refractivity contribution in [2.75, 3.05) is 0 Å². The Labute approximate surface area is 109 Å². The van der Waals surface area contributed by atoms with Crippen LogP contribution in [0.1, 0.15) is 20.3 Å². The third-order valence-electron chi connectivity index (χ3n) is 3.01. The maximum absolute atomic E-state index is 13.5. The van der Waals surface area contributed by atoms with E-state index in [0.29, 0.717) is 4.34 Å². The number of alkyl halides is 1.